The lowest BCUT2D eigenvalue weighted by atomic mass is 10.2. The number of hydrogen-bond donors (Lipinski definition) is 1. The Morgan fingerprint density at radius 3 is 2.43 bits per heavy atom. The Kier molecular flexibility index (Phi) is 4.60. The largest absolute Gasteiger partial charge is 0.389 e. The van der Waals surface area contributed by atoms with Crippen LogP contribution >= 0.6 is 28.1 Å². The summed E-state index contributed by atoms with van der Waals surface area (Å²) < 4.78 is 26.8. The molecule has 5 nitrogen and oxygen atoms in total. The zero-order valence-electron chi connectivity index (χ0n) is 11.0. The summed E-state index contributed by atoms with van der Waals surface area (Å²) in [6, 6.07) is 8.17. The maximum absolute atomic E-state index is 12.5. The molecule has 2 aromatic rings. The Morgan fingerprint density at radius 1 is 1.29 bits per heavy atom. The summed E-state index contributed by atoms with van der Waals surface area (Å²) >= 11 is 8.08. The van der Waals surface area contributed by atoms with Crippen molar-refractivity contribution in [2.45, 2.75) is 4.90 Å². The van der Waals surface area contributed by atoms with E-state index in [1.54, 1.807) is 24.3 Å². The Labute approximate surface area is 137 Å². The number of aromatic nitrogens is 1. The first-order valence-corrected chi connectivity index (χ1v) is 8.46. The number of sulfonamides is 1. The lowest BCUT2D eigenvalue weighted by Crippen LogP contribution is -2.26. The van der Waals surface area contributed by atoms with E-state index < -0.39 is 10.0 Å². The van der Waals surface area contributed by atoms with Crippen molar-refractivity contribution < 1.29 is 8.42 Å². The third kappa shape index (κ3) is 3.39. The zero-order valence-corrected chi connectivity index (χ0v) is 14.2. The molecule has 0 radical (unpaired) electrons. The van der Waals surface area contributed by atoms with E-state index in [0.29, 0.717) is 15.7 Å². The standard InChI is InChI=1S/C13H12BrN3O2S2/c1-17(11-4-2-9(3-5-11)13(15)20)21(18,19)12-6-10(14)7-16-8-12/h2-8H,1H3,(H2,15,20). The highest BCUT2D eigenvalue weighted by atomic mass is 79.9. The van der Waals surface area contributed by atoms with Crippen molar-refractivity contribution in [3.8, 4) is 0 Å². The quantitative estimate of drug-likeness (QED) is 0.817. The number of rotatable bonds is 4. The molecule has 1 aromatic heterocycles. The smallest absolute Gasteiger partial charge is 0.265 e. The number of thiocarbonyl (C=S) groups is 1. The van der Waals surface area contributed by atoms with Gasteiger partial charge in [-0.3, -0.25) is 9.29 Å². The van der Waals surface area contributed by atoms with Crippen LogP contribution in [0.25, 0.3) is 0 Å². The molecule has 0 fully saturated rings. The molecule has 1 heterocycles. The zero-order chi connectivity index (χ0) is 15.6. The SMILES string of the molecule is CN(c1ccc(C(N)=S)cc1)S(=O)(=O)c1cncc(Br)c1. The Bertz CT molecular complexity index is 776. The summed E-state index contributed by atoms with van der Waals surface area (Å²) in [6.45, 7) is 0. The average Bonchev–Trinajstić information content (AvgIpc) is 2.46. The molecule has 0 spiro atoms. The monoisotopic (exact) mass is 385 g/mol. The molecular formula is C13H12BrN3O2S2. The fourth-order valence-corrected chi connectivity index (χ4v) is 3.50. The second kappa shape index (κ2) is 6.08. The molecule has 2 N–H and O–H groups in total. The van der Waals surface area contributed by atoms with Gasteiger partial charge in [-0.15, -0.1) is 0 Å². The minimum Gasteiger partial charge on any atom is -0.389 e. The van der Waals surface area contributed by atoms with E-state index in [-0.39, 0.29) is 9.88 Å². The summed E-state index contributed by atoms with van der Waals surface area (Å²) in [5, 5.41) is 0. The van der Waals surface area contributed by atoms with Crippen LogP contribution in [0.15, 0.2) is 52.1 Å². The second-order valence-corrected chi connectivity index (χ2v) is 7.55. The third-order valence-electron chi connectivity index (χ3n) is 2.85. The molecule has 0 aliphatic carbocycles. The van der Waals surface area contributed by atoms with Crippen LogP contribution in [0.4, 0.5) is 5.69 Å². The van der Waals surface area contributed by atoms with Crippen LogP contribution in [-0.4, -0.2) is 25.4 Å². The number of halogens is 1. The van der Waals surface area contributed by atoms with Gasteiger partial charge in [0.15, 0.2) is 0 Å². The third-order valence-corrected chi connectivity index (χ3v) is 5.27. The molecule has 21 heavy (non-hydrogen) atoms. The number of nitrogens with zero attached hydrogens (tertiary/aromatic N) is 2. The molecule has 0 saturated heterocycles. The van der Waals surface area contributed by atoms with Gasteiger partial charge in [0.25, 0.3) is 10.0 Å². The summed E-state index contributed by atoms with van der Waals surface area (Å²) in [4.78, 5) is 4.25. The van der Waals surface area contributed by atoms with E-state index in [9.17, 15) is 8.42 Å². The number of nitrogens with two attached hydrogens (primary N) is 1. The highest BCUT2D eigenvalue weighted by Crippen LogP contribution is 2.23. The van der Waals surface area contributed by atoms with Gasteiger partial charge < -0.3 is 5.73 Å². The van der Waals surface area contributed by atoms with Crippen LogP contribution in [0.1, 0.15) is 5.56 Å². The van der Waals surface area contributed by atoms with E-state index in [1.807, 2.05) is 0 Å². The van der Waals surface area contributed by atoms with Crippen LogP contribution in [0.3, 0.4) is 0 Å². The number of hydrogen-bond acceptors (Lipinski definition) is 4. The summed E-state index contributed by atoms with van der Waals surface area (Å²) in [7, 11) is -2.19. The lowest BCUT2D eigenvalue weighted by Gasteiger charge is -2.19. The minimum absolute atomic E-state index is 0.109. The van der Waals surface area contributed by atoms with E-state index in [4.69, 9.17) is 18.0 Å². The van der Waals surface area contributed by atoms with Crippen molar-refractivity contribution in [3.05, 3.63) is 52.8 Å². The van der Waals surface area contributed by atoms with Gasteiger partial charge in [-0.05, 0) is 46.3 Å². The van der Waals surface area contributed by atoms with Crippen molar-refractivity contribution in [1.29, 1.82) is 0 Å². The highest BCUT2D eigenvalue weighted by Gasteiger charge is 2.21. The first kappa shape index (κ1) is 15.9. The van der Waals surface area contributed by atoms with Crippen molar-refractivity contribution in [3.63, 3.8) is 0 Å². The molecule has 0 saturated carbocycles. The molecule has 0 aliphatic heterocycles. The molecular weight excluding hydrogens is 374 g/mol. The maximum Gasteiger partial charge on any atom is 0.265 e. The number of pyridine rings is 1. The van der Waals surface area contributed by atoms with Gasteiger partial charge in [0.2, 0.25) is 0 Å². The van der Waals surface area contributed by atoms with Crippen LogP contribution in [0.2, 0.25) is 0 Å². The summed E-state index contributed by atoms with van der Waals surface area (Å²) in [6.07, 6.45) is 2.83. The predicted molar refractivity (Wildman–Crippen MR) is 89.9 cm³/mol. The van der Waals surface area contributed by atoms with E-state index in [2.05, 4.69) is 20.9 Å². The number of anilines is 1. The average molecular weight is 386 g/mol. The number of benzene rings is 1. The van der Waals surface area contributed by atoms with Crippen LogP contribution in [-0.2, 0) is 10.0 Å². The van der Waals surface area contributed by atoms with Crippen molar-refractivity contribution in [2.24, 2.45) is 5.73 Å². The van der Waals surface area contributed by atoms with Gasteiger partial charge in [0.05, 0.1) is 5.69 Å². The van der Waals surface area contributed by atoms with Crippen molar-refractivity contribution >= 4 is 48.8 Å². The normalized spacial score (nSPS) is 11.1. The van der Waals surface area contributed by atoms with Gasteiger partial charge in [-0.25, -0.2) is 8.42 Å². The fraction of sp³-hybridized carbons (Fsp3) is 0.0769. The Hall–Kier alpha value is -1.51. The molecule has 0 bridgehead atoms. The topological polar surface area (TPSA) is 76.3 Å². The van der Waals surface area contributed by atoms with E-state index >= 15 is 0 Å². The van der Waals surface area contributed by atoms with Gasteiger partial charge in [-0.2, -0.15) is 0 Å². The van der Waals surface area contributed by atoms with Crippen LogP contribution in [0.5, 0.6) is 0 Å². The first-order chi connectivity index (χ1) is 9.82. The van der Waals surface area contributed by atoms with Crippen molar-refractivity contribution in [1.82, 2.24) is 4.98 Å². The van der Waals surface area contributed by atoms with Gasteiger partial charge in [0, 0.05) is 29.5 Å². The van der Waals surface area contributed by atoms with E-state index in [0.717, 1.165) is 0 Å². The van der Waals surface area contributed by atoms with Gasteiger partial charge in [-0.1, -0.05) is 12.2 Å². The van der Waals surface area contributed by atoms with Crippen LogP contribution < -0.4 is 10.0 Å². The molecule has 110 valence electrons. The molecule has 0 atom stereocenters. The maximum atomic E-state index is 12.5. The van der Waals surface area contributed by atoms with Crippen LogP contribution in [0, 0.1) is 0 Å². The van der Waals surface area contributed by atoms with Crippen molar-refractivity contribution in [2.75, 3.05) is 11.4 Å². The minimum atomic E-state index is -3.67. The molecule has 2 rings (SSSR count). The fourth-order valence-electron chi connectivity index (χ4n) is 1.67. The molecule has 0 amide bonds. The lowest BCUT2D eigenvalue weighted by molar-refractivity contribution is 0.594. The molecule has 0 aliphatic rings. The molecule has 8 heteroatoms. The summed E-state index contributed by atoms with van der Waals surface area (Å²) in [5.41, 5.74) is 6.71. The summed E-state index contributed by atoms with van der Waals surface area (Å²) in [5.74, 6) is 0. The first-order valence-electron chi connectivity index (χ1n) is 5.82. The Balaban J connectivity index is 2.38. The molecule has 1 aromatic carbocycles. The van der Waals surface area contributed by atoms with Gasteiger partial charge >= 0.3 is 0 Å². The second-order valence-electron chi connectivity index (χ2n) is 4.22. The van der Waals surface area contributed by atoms with E-state index in [1.165, 1.54) is 29.8 Å². The Morgan fingerprint density at radius 2 is 1.90 bits per heavy atom. The molecule has 0 unspecified atom stereocenters. The predicted octanol–water partition coefficient (Wildman–Crippen LogP) is 2.30. The van der Waals surface area contributed by atoms with Gasteiger partial charge in [0.1, 0.15) is 9.88 Å². The highest BCUT2D eigenvalue weighted by molar-refractivity contribution is 9.10.